The fraction of sp³-hybridized carbons (Fsp3) is 0.182. The van der Waals surface area contributed by atoms with E-state index in [1.165, 1.54) is 22.3 Å². The lowest BCUT2D eigenvalue weighted by molar-refractivity contribution is 0.538. The first-order valence-corrected chi connectivity index (χ1v) is 8.47. The smallest absolute Gasteiger partial charge is 0.0406 e. The molecule has 23 heavy (non-hydrogen) atoms. The van der Waals surface area contributed by atoms with Crippen LogP contribution in [0.4, 0.5) is 0 Å². The van der Waals surface area contributed by atoms with Crippen LogP contribution in [0.5, 0.6) is 0 Å². The zero-order valence-corrected chi connectivity index (χ0v) is 13.9. The lowest BCUT2D eigenvalue weighted by atomic mass is 9.76. The van der Waals surface area contributed by atoms with Crippen LogP contribution < -0.4 is 0 Å². The molecule has 0 saturated carbocycles. The van der Waals surface area contributed by atoms with Crippen LogP contribution >= 0.6 is 11.6 Å². The molecule has 0 spiro atoms. The molecule has 3 aromatic rings. The molecule has 0 radical (unpaired) electrons. The standard InChI is InChI=1S/C22H19Cl/c1-22(17-7-3-2-4-8-17)15-20(16-11-13-18(23)14-12-16)19-9-5-6-10-21(19)22/h2-14,20H,15H2,1H3. The molecule has 1 aliphatic rings. The Morgan fingerprint density at radius 1 is 0.826 bits per heavy atom. The van der Waals surface area contributed by atoms with E-state index in [2.05, 4.69) is 73.7 Å². The van der Waals surface area contributed by atoms with Crippen LogP contribution in [-0.2, 0) is 5.41 Å². The fourth-order valence-electron chi connectivity index (χ4n) is 4.00. The Hall–Kier alpha value is -2.05. The number of rotatable bonds is 2. The summed E-state index contributed by atoms with van der Waals surface area (Å²) in [7, 11) is 0. The molecule has 1 aliphatic carbocycles. The van der Waals surface area contributed by atoms with E-state index in [4.69, 9.17) is 11.6 Å². The van der Waals surface area contributed by atoms with Gasteiger partial charge in [-0.05, 0) is 40.8 Å². The summed E-state index contributed by atoms with van der Waals surface area (Å²) in [5, 5.41) is 0.797. The molecule has 1 heteroatoms. The molecule has 0 amide bonds. The minimum Gasteiger partial charge on any atom is -0.0843 e. The summed E-state index contributed by atoms with van der Waals surface area (Å²) in [5.74, 6) is 0.425. The van der Waals surface area contributed by atoms with Crippen molar-refractivity contribution in [3.8, 4) is 0 Å². The van der Waals surface area contributed by atoms with Crippen LogP contribution in [0.25, 0.3) is 0 Å². The topological polar surface area (TPSA) is 0 Å². The van der Waals surface area contributed by atoms with Crippen LogP contribution in [0.15, 0.2) is 78.9 Å². The number of hydrogen-bond donors (Lipinski definition) is 0. The highest BCUT2D eigenvalue weighted by molar-refractivity contribution is 6.30. The van der Waals surface area contributed by atoms with Crippen molar-refractivity contribution in [2.75, 3.05) is 0 Å². The van der Waals surface area contributed by atoms with E-state index < -0.39 is 0 Å². The Morgan fingerprint density at radius 2 is 1.48 bits per heavy atom. The van der Waals surface area contributed by atoms with E-state index in [9.17, 15) is 0 Å². The highest BCUT2D eigenvalue weighted by Gasteiger charge is 2.41. The van der Waals surface area contributed by atoms with Gasteiger partial charge in [0.1, 0.15) is 0 Å². The predicted octanol–water partition coefficient (Wildman–Crippen LogP) is 6.18. The molecule has 2 unspecified atom stereocenters. The molecule has 0 aliphatic heterocycles. The van der Waals surface area contributed by atoms with Crippen LogP contribution in [0.1, 0.15) is 41.5 Å². The molecular weight excluding hydrogens is 300 g/mol. The molecule has 0 fully saturated rings. The van der Waals surface area contributed by atoms with Gasteiger partial charge in [0.2, 0.25) is 0 Å². The monoisotopic (exact) mass is 318 g/mol. The Labute approximate surface area is 142 Å². The molecule has 0 nitrogen and oxygen atoms in total. The second kappa shape index (κ2) is 5.54. The van der Waals surface area contributed by atoms with E-state index >= 15 is 0 Å². The Kier molecular flexibility index (Phi) is 3.50. The third-order valence-electron chi connectivity index (χ3n) is 5.23. The van der Waals surface area contributed by atoms with Crippen molar-refractivity contribution in [2.45, 2.75) is 24.7 Å². The Morgan fingerprint density at radius 3 is 2.22 bits per heavy atom. The maximum Gasteiger partial charge on any atom is 0.0406 e. The van der Waals surface area contributed by atoms with E-state index in [0.717, 1.165) is 11.4 Å². The normalized spacial score (nSPS) is 22.8. The van der Waals surface area contributed by atoms with E-state index in [-0.39, 0.29) is 5.41 Å². The van der Waals surface area contributed by atoms with Gasteiger partial charge in [-0.15, -0.1) is 0 Å². The van der Waals surface area contributed by atoms with Gasteiger partial charge in [-0.2, -0.15) is 0 Å². The summed E-state index contributed by atoms with van der Waals surface area (Å²) in [6, 6.07) is 28.1. The first-order valence-electron chi connectivity index (χ1n) is 8.09. The molecule has 4 rings (SSSR count). The summed E-state index contributed by atoms with van der Waals surface area (Å²) < 4.78 is 0. The zero-order valence-electron chi connectivity index (χ0n) is 13.2. The highest BCUT2D eigenvalue weighted by Crippen LogP contribution is 2.51. The zero-order chi connectivity index (χ0) is 15.9. The number of hydrogen-bond acceptors (Lipinski definition) is 0. The summed E-state index contributed by atoms with van der Waals surface area (Å²) in [6.45, 7) is 2.37. The van der Waals surface area contributed by atoms with Crippen LogP contribution in [0.3, 0.4) is 0 Å². The Balaban J connectivity index is 1.85. The highest BCUT2D eigenvalue weighted by atomic mass is 35.5. The number of fused-ring (bicyclic) bond motifs is 1. The van der Waals surface area contributed by atoms with E-state index in [0.29, 0.717) is 5.92 Å². The summed E-state index contributed by atoms with van der Waals surface area (Å²) in [5.41, 5.74) is 5.69. The van der Waals surface area contributed by atoms with Crippen LogP contribution in [-0.4, -0.2) is 0 Å². The van der Waals surface area contributed by atoms with Crippen molar-refractivity contribution in [1.82, 2.24) is 0 Å². The van der Waals surface area contributed by atoms with Crippen LogP contribution in [0, 0.1) is 0 Å². The third-order valence-corrected chi connectivity index (χ3v) is 5.48. The third kappa shape index (κ3) is 2.38. The van der Waals surface area contributed by atoms with Gasteiger partial charge in [0, 0.05) is 16.4 Å². The van der Waals surface area contributed by atoms with Gasteiger partial charge in [0.15, 0.2) is 0 Å². The lowest BCUT2D eigenvalue weighted by Gasteiger charge is -2.27. The first kappa shape index (κ1) is 14.5. The largest absolute Gasteiger partial charge is 0.0843 e. The average molecular weight is 319 g/mol. The van der Waals surface area contributed by atoms with Gasteiger partial charge in [0.25, 0.3) is 0 Å². The predicted molar refractivity (Wildman–Crippen MR) is 97.3 cm³/mol. The number of halogens is 1. The van der Waals surface area contributed by atoms with Gasteiger partial charge in [-0.25, -0.2) is 0 Å². The fourth-order valence-corrected chi connectivity index (χ4v) is 4.13. The average Bonchev–Trinajstić information content (AvgIpc) is 2.91. The molecule has 0 heterocycles. The molecule has 3 aromatic carbocycles. The molecular formula is C22H19Cl. The van der Waals surface area contributed by atoms with Crippen molar-refractivity contribution in [2.24, 2.45) is 0 Å². The maximum atomic E-state index is 6.07. The molecule has 114 valence electrons. The Bertz CT molecular complexity index is 820. The van der Waals surface area contributed by atoms with Crippen molar-refractivity contribution < 1.29 is 0 Å². The quantitative estimate of drug-likeness (QED) is 0.529. The molecule has 0 N–H and O–H groups in total. The second-order valence-electron chi connectivity index (χ2n) is 6.59. The second-order valence-corrected chi connectivity index (χ2v) is 7.03. The van der Waals surface area contributed by atoms with E-state index in [1.54, 1.807) is 0 Å². The van der Waals surface area contributed by atoms with Crippen molar-refractivity contribution in [3.63, 3.8) is 0 Å². The lowest BCUT2D eigenvalue weighted by Crippen LogP contribution is -2.20. The molecule has 0 aromatic heterocycles. The number of benzene rings is 3. The van der Waals surface area contributed by atoms with Gasteiger partial charge >= 0.3 is 0 Å². The van der Waals surface area contributed by atoms with Crippen molar-refractivity contribution in [1.29, 1.82) is 0 Å². The van der Waals surface area contributed by atoms with E-state index in [1.807, 2.05) is 12.1 Å². The van der Waals surface area contributed by atoms with Crippen molar-refractivity contribution in [3.05, 3.63) is 106 Å². The van der Waals surface area contributed by atoms with Crippen molar-refractivity contribution >= 4 is 11.6 Å². The maximum absolute atomic E-state index is 6.07. The molecule has 2 atom stereocenters. The van der Waals surface area contributed by atoms with Gasteiger partial charge in [0.05, 0.1) is 0 Å². The van der Waals surface area contributed by atoms with Gasteiger partial charge < -0.3 is 0 Å². The summed E-state index contributed by atoms with van der Waals surface area (Å²) >= 11 is 6.07. The van der Waals surface area contributed by atoms with Gasteiger partial charge in [-0.3, -0.25) is 0 Å². The van der Waals surface area contributed by atoms with Crippen LogP contribution in [0.2, 0.25) is 5.02 Å². The molecule has 0 bridgehead atoms. The molecule has 0 saturated heterocycles. The minimum absolute atomic E-state index is 0.0577. The van der Waals surface area contributed by atoms with Gasteiger partial charge in [-0.1, -0.05) is 85.3 Å². The SMILES string of the molecule is CC1(c2ccccc2)CC(c2ccc(Cl)cc2)c2ccccc21. The first-order chi connectivity index (χ1) is 11.2. The minimum atomic E-state index is 0.0577. The summed E-state index contributed by atoms with van der Waals surface area (Å²) in [6.07, 6.45) is 1.10. The summed E-state index contributed by atoms with van der Waals surface area (Å²) in [4.78, 5) is 0.